The molecular weight excluding hydrogens is 204 g/mol. The Morgan fingerprint density at radius 3 is 2.59 bits per heavy atom. The van der Waals surface area contributed by atoms with Crippen molar-refractivity contribution in [1.29, 1.82) is 0 Å². The van der Waals surface area contributed by atoms with E-state index in [-0.39, 0.29) is 0 Å². The quantitative estimate of drug-likeness (QED) is 0.425. The van der Waals surface area contributed by atoms with Gasteiger partial charge in [0.1, 0.15) is 0 Å². The van der Waals surface area contributed by atoms with Crippen molar-refractivity contribution < 1.29 is 0 Å². The fourth-order valence-corrected chi connectivity index (χ4v) is 1.80. The van der Waals surface area contributed by atoms with Crippen LogP contribution in [0.3, 0.4) is 0 Å². The maximum absolute atomic E-state index is 2.27. The monoisotopic (exact) mass is 228 g/mol. The van der Waals surface area contributed by atoms with Gasteiger partial charge in [0.2, 0.25) is 0 Å². The highest BCUT2D eigenvalue weighted by molar-refractivity contribution is 5.54. The highest BCUT2D eigenvalue weighted by Crippen LogP contribution is 2.09. The number of unbranched alkanes of at least 4 members (excludes halogenated alkanes) is 4. The second-order valence-corrected chi connectivity index (χ2v) is 4.49. The summed E-state index contributed by atoms with van der Waals surface area (Å²) >= 11 is 0. The van der Waals surface area contributed by atoms with E-state index in [1.165, 1.54) is 43.2 Å². The molecule has 0 heterocycles. The van der Waals surface area contributed by atoms with Crippen molar-refractivity contribution in [2.24, 2.45) is 0 Å². The normalized spacial score (nSPS) is 11.6. The molecule has 0 amide bonds. The summed E-state index contributed by atoms with van der Waals surface area (Å²) in [5.41, 5.74) is 2.64. The van der Waals surface area contributed by atoms with E-state index in [0.717, 1.165) is 0 Å². The van der Waals surface area contributed by atoms with E-state index in [1.807, 2.05) is 0 Å². The lowest BCUT2D eigenvalue weighted by Crippen LogP contribution is -1.77. The summed E-state index contributed by atoms with van der Waals surface area (Å²) in [7, 11) is 0. The first kappa shape index (κ1) is 13.8. The molecule has 0 heteroatoms. The molecule has 0 aliphatic rings. The van der Waals surface area contributed by atoms with Crippen LogP contribution in [0.1, 0.15) is 50.2 Å². The summed E-state index contributed by atoms with van der Waals surface area (Å²) in [6.45, 7) is 4.40. The van der Waals surface area contributed by atoms with Crippen LogP contribution in [0.25, 0.3) is 6.08 Å². The third-order valence-corrected chi connectivity index (χ3v) is 2.94. The van der Waals surface area contributed by atoms with Crippen LogP contribution in [-0.4, -0.2) is 0 Å². The average molecular weight is 228 g/mol. The van der Waals surface area contributed by atoms with Crippen LogP contribution in [0.5, 0.6) is 0 Å². The van der Waals surface area contributed by atoms with Gasteiger partial charge in [0.25, 0.3) is 0 Å². The predicted octanol–water partition coefficient (Wildman–Crippen LogP) is 5.53. The zero-order valence-corrected chi connectivity index (χ0v) is 11.2. The minimum absolute atomic E-state index is 1.21. The molecule has 1 aromatic rings. The van der Waals surface area contributed by atoms with Crippen LogP contribution < -0.4 is 0 Å². The molecule has 0 saturated heterocycles. The molecule has 0 bridgehead atoms. The lowest BCUT2D eigenvalue weighted by Gasteiger charge is -1.97. The Hall–Kier alpha value is -1.30. The third-order valence-electron chi connectivity index (χ3n) is 2.94. The van der Waals surface area contributed by atoms with E-state index in [9.17, 15) is 0 Å². The largest absolute Gasteiger partial charge is 0.0845 e. The molecule has 92 valence electrons. The number of hydrogen-bond acceptors (Lipinski definition) is 0. The first-order chi connectivity index (χ1) is 8.34. The van der Waals surface area contributed by atoms with Gasteiger partial charge in [-0.05, 0) is 30.9 Å². The highest BCUT2D eigenvalue weighted by Gasteiger charge is 1.89. The Balaban J connectivity index is 2.26. The first-order valence-electron chi connectivity index (χ1n) is 6.73. The summed E-state index contributed by atoms with van der Waals surface area (Å²) in [5, 5.41) is 0. The molecule has 0 saturated carbocycles. The van der Waals surface area contributed by atoms with Gasteiger partial charge >= 0.3 is 0 Å². The topological polar surface area (TPSA) is 0 Å². The van der Waals surface area contributed by atoms with Crippen LogP contribution in [0.15, 0.2) is 42.5 Å². The van der Waals surface area contributed by atoms with E-state index in [0.29, 0.717) is 0 Å². The molecule has 17 heavy (non-hydrogen) atoms. The molecule has 0 aliphatic carbocycles. The van der Waals surface area contributed by atoms with E-state index in [2.05, 4.69) is 62.4 Å². The molecular formula is C17H24. The molecule has 0 aliphatic heterocycles. The number of allylic oxidation sites excluding steroid dienone is 3. The minimum atomic E-state index is 1.21. The van der Waals surface area contributed by atoms with Gasteiger partial charge < -0.3 is 0 Å². The predicted molar refractivity (Wildman–Crippen MR) is 78.1 cm³/mol. The maximum Gasteiger partial charge on any atom is -0.0227 e. The van der Waals surface area contributed by atoms with Crippen molar-refractivity contribution in [3.05, 3.63) is 53.6 Å². The van der Waals surface area contributed by atoms with Gasteiger partial charge in [-0.2, -0.15) is 0 Å². The van der Waals surface area contributed by atoms with Gasteiger partial charge in [-0.25, -0.2) is 0 Å². The summed E-state index contributed by atoms with van der Waals surface area (Å²) in [6.07, 6.45) is 15.3. The van der Waals surface area contributed by atoms with Crippen molar-refractivity contribution in [2.75, 3.05) is 0 Å². The van der Waals surface area contributed by atoms with Crippen LogP contribution in [0.4, 0.5) is 0 Å². The Kier molecular flexibility index (Phi) is 7.13. The average Bonchev–Trinajstić information content (AvgIpc) is 2.35. The summed E-state index contributed by atoms with van der Waals surface area (Å²) in [4.78, 5) is 0. The number of hydrogen-bond donors (Lipinski definition) is 0. The lowest BCUT2D eigenvalue weighted by molar-refractivity contribution is 0.674. The molecule has 0 atom stereocenters. The maximum atomic E-state index is 2.27. The van der Waals surface area contributed by atoms with Gasteiger partial charge in [0.05, 0.1) is 0 Å². The SMILES string of the molecule is CCCCCC/C=C/C=C/c1ccccc1C. The lowest BCUT2D eigenvalue weighted by atomic mass is 10.1. The fourth-order valence-electron chi connectivity index (χ4n) is 1.80. The van der Waals surface area contributed by atoms with Gasteiger partial charge in [0.15, 0.2) is 0 Å². The molecule has 0 radical (unpaired) electrons. The second-order valence-electron chi connectivity index (χ2n) is 4.49. The summed E-state index contributed by atoms with van der Waals surface area (Å²) in [6, 6.07) is 8.46. The van der Waals surface area contributed by atoms with Crippen molar-refractivity contribution >= 4 is 6.08 Å². The molecule has 0 spiro atoms. The fraction of sp³-hybridized carbons (Fsp3) is 0.412. The van der Waals surface area contributed by atoms with E-state index >= 15 is 0 Å². The van der Waals surface area contributed by atoms with Gasteiger partial charge in [-0.15, -0.1) is 0 Å². The van der Waals surface area contributed by atoms with Crippen molar-refractivity contribution in [3.8, 4) is 0 Å². The second kappa shape index (κ2) is 8.81. The highest BCUT2D eigenvalue weighted by atomic mass is 13.9. The van der Waals surface area contributed by atoms with Crippen molar-refractivity contribution in [3.63, 3.8) is 0 Å². The molecule has 1 aromatic carbocycles. The Morgan fingerprint density at radius 2 is 1.82 bits per heavy atom. The molecule has 0 nitrogen and oxygen atoms in total. The van der Waals surface area contributed by atoms with E-state index in [4.69, 9.17) is 0 Å². The zero-order valence-electron chi connectivity index (χ0n) is 11.2. The Morgan fingerprint density at radius 1 is 1.00 bits per heavy atom. The van der Waals surface area contributed by atoms with Crippen LogP contribution in [0, 0.1) is 6.92 Å². The molecule has 0 fully saturated rings. The standard InChI is InChI=1S/C17H24/c1-3-4-5-6-7-8-9-10-14-17-15-12-11-13-16(17)2/h8-15H,3-7H2,1-2H3/b9-8+,14-10+. The third kappa shape index (κ3) is 6.11. The van der Waals surface area contributed by atoms with Crippen molar-refractivity contribution in [1.82, 2.24) is 0 Å². The Bertz CT molecular complexity index is 358. The van der Waals surface area contributed by atoms with E-state index < -0.39 is 0 Å². The number of benzene rings is 1. The van der Waals surface area contributed by atoms with Crippen LogP contribution in [-0.2, 0) is 0 Å². The van der Waals surface area contributed by atoms with Crippen LogP contribution >= 0.6 is 0 Å². The van der Waals surface area contributed by atoms with Crippen LogP contribution in [0.2, 0.25) is 0 Å². The Labute approximate surface area is 106 Å². The van der Waals surface area contributed by atoms with Gasteiger partial charge in [-0.3, -0.25) is 0 Å². The number of rotatable bonds is 7. The molecule has 1 rings (SSSR count). The summed E-state index contributed by atoms with van der Waals surface area (Å²) in [5.74, 6) is 0. The van der Waals surface area contributed by atoms with E-state index in [1.54, 1.807) is 0 Å². The van der Waals surface area contributed by atoms with Gasteiger partial charge in [-0.1, -0.05) is 74.8 Å². The van der Waals surface area contributed by atoms with Crippen molar-refractivity contribution in [2.45, 2.75) is 46.0 Å². The number of aryl methyl sites for hydroxylation is 1. The first-order valence-corrected chi connectivity index (χ1v) is 6.73. The molecule has 0 unspecified atom stereocenters. The molecule has 0 aromatic heterocycles. The van der Waals surface area contributed by atoms with Gasteiger partial charge in [0, 0.05) is 0 Å². The minimum Gasteiger partial charge on any atom is -0.0845 e. The summed E-state index contributed by atoms with van der Waals surface area (Å²) < 4.78 is 0. The molecule has 0 N–H and O–H groups in total. The smallest absolute Gasteiger partial charge is 0.0227 e. The zero-order chi connectivity index (χ0) is 12.3.